The van der Waals surface area contributed by atoms with Crippen molar-refractivity contribution in [2.75, 3.05) is 19.5 Å². The number of carboxylic acid groups (broad SMARTS) is 2. The molecule has 3 aromatic carbocycles. The third kappa shape index (κ3) is 9.77. The number of amides is 1. The lowest BCUT2D eigenvalue weighted by molar-refractivity contribution is -0.144. The molecule has 0 aliphatic carbocycles. The first-order chi connectivity index (χ1) is 19.5. The van der Waals surface area contributed by atoms with Crippen molar-refractivity contribution in [3.05, 3.63) is 83.4 Å². The van der Waals surface area contributed by atoms with E-state index in [2.05, 4.69) is 10.6 Å². The molecular formula is C29H34N4O8. The molecule has 7 N–H and O–H groups in total. The van der Waals surface area contributed by atoms with E-state index in [0.29, 0.717) is 28.3 Å². The van der Waals surface area contributed by atoms with Gasteiger partial charge in [0.1, 0.15) is 17.6 Å². The maximum Gasteiger partial charge on any atom is 0.344 e. The number of hydrogen-bond donors (Lipinski definition) is 6. The van der Waals surface area contributed by atoms with Crippen molar-refractivity contribution < 1.29 is 38.8 Å². The van der Waals surface area contributed by atoms with Gasteiger partial charge >= 0.3 is 5.97 Å². The van der Waals surface area contributed by atoms with Gasteiger partial charge in [0.05, 0.1) is 14.2 Å². The molecule has 41 heavy (non-hydrogen) atoms. The van der Waals surface area contributed by atoms with Crippen LogP contribution in [0.1, 0.15) is 36.6 Å². The first kappa shape index (κ1) is 32.0. The van der Waals surface area contributed by atoms with Gasteiger partial charge in [-0.1, -0.05) is 30.3 Å². The fourth-order valence-electron chi connectivity index (χ4n) is 3.53. The largest absolute Gasteiger partial charge is 0.493 e. The van der Waals surface area contributed by atoms with Crippen molar-refractivity contribution >= 4 is 29.4 Å². The highest BCUT2D eigenvalue weighted by Gasteiger charge is 2.28. The predicted molar refractivity (Wildman–Crippen MR) is 153 cm³/mol. The lowest BCUT2D eigenvalue weighted by atomic mass is 10.0. The molecule has 3 rings (SSSR count). The van der Waals surface area contributed by atoms with Gasteiger partial charge in [0.15, 0.2) is 17.6 Å². The summed E-state index contributed by atoms with van der Waals surface area (Å²) in [5, 5.41) is 30.5. The second-order valence-corrected chi connectivity index (χ2v) is 8.63. The molecule has 0 aliphatic rings. The Bertz CT molecular complexity index is 1340. The molecule has 0 fully saturated rings. The normalized spacial score (nSPS) is 11.5. The van der Waals surface area contributed by atoms with E-state index in [4.69, 9.17) is 35.3 Å². The zero-order valence-electron chi connectivity index (χ0n) is 23.1. The third-order valence-corrected chi connectivity index (χ3v) is 5.56. The summed E-state index contributed by atoms with van der Waals surface area (Å²) < 4.78 is 16.5. The van der Waals surface area contributed by atoms with Crippen LogP contribution in [0.5, 0.6) is 17.2 Å². The van der Waals surface area contributed by atoms with E-state index in [1.54, 1.807) is 30.3 Å². The summed E-state index contributed by atoms with van der Waals surface area (Å²) in [6.45, 7) is 2.75. The maximum absolute atomic E-state index is 13.6. The Balaban J connectivity index is 0.00000138. The average Bonchev–Trinajstić information content (AvgIpc) is 2.95. The monoisotopic (exact) mass is 566 g/mol. The van der Waals surface area contributed by atoms with Gasteiger partial charge in [-0.2, -0.15) is 0 Å². The number of methoxy groups -OCH3 is 2. The van der Waals surface area contributed by atoms with Crippen LogP contribution < -0.4 is 30.6 Å². The van der Waals surface area contributed by atoms with Crippen molar-refractivity contribution in [1.82, 2.24) is 5.32 Å². The van der Waals surface area contributed by atoms with E-state index in [1.807, 2.05) is 30.3 Å². The van der Waals surface area contributed by atoms with Gasteiger partial charge in [0.25, 0.3) is 5.97 Å². The number of benzene rings is 3. The number of carbonyl (C=O) groups excluding carboxylic acids is 1. The highest BCUT2D eigenvalue weighted by molar-refractivity contribution is 5.95. The van der Waals surface area contributed by atoms with Gasteiger partial charge in [-0.05, 0) is 42.8 Å². The van der Waals surface area contributed by atoms with Gasteiger partial charge in [0, 0.05) is 36.3 Å². The Morgan fingerprint density at radius 2 is 1.49 bits per heavy atom. The Morgan fingerprint density at radius 1 is 0.927 bits per heavy atom. The maximum atomic E-state index is 13.6. The third-order valence-electron chi connectivity index (χ3n) is 5.56. The number of amidine groups is 1. The van der Waals surface area contributed by atoms with Crippen LogP contribution in [0.2, 0.25) is 0 Å². The van der Waals surface area contributed by atoms with Crippen LogP contribution in [-0.2, 0) is 20.9 Å². The molecule has 0 bridgehead atoms. The Hall–Kier alpha value is -5.26. The second kappa shape index (κ2) is 15.4. The highest BCUT2D eigenvalue weighted by Crippen LogP contribution is 2.39. The van der Waals surface area contributed by atoms with Crippen LogP contribution in [-0.4, -0.2) is 54.2 Å². The molecular weight excluding hydrogens is 532 g/mol. The number of aliphatic carboxylic acids is 2. The molecule has 0 saturated heterocycles. The minimum atomic E-state index is -1.19. The van der Waals surface area contributed by atoms with Crippen molar-refractivity contribution in [3.63, 3.8) is 0 Å². The molecule has 3 aromatic rings. The van der Waals surface area contributed by atoms with E-state index in [-0.39, 0.29) is 24.0 Å². The van der Waals surface area contributed by atoms with Crippen LogP contribution in [0.4, 0.5) is 5.69 Å². The lowest BCUT2D eigenvalue weighted by Crippen LogP contribution is -2.34. The Labute approximate surface area is 237 Å². The molecule has 12 heteroatoms. The number of carbonyl (C=O) groups is 3. The number of rotatable bonds is 12. The molecule has 2 atom stereocenters. The highest BCUT2D eigenvalue weighted by atomic mass is 16.5. The average molecular weight is 567 g/mol. The second-order valence-electron chi connectivity index (χ2n) is 8.63. The predicted octanol–water partition coefficient (Wildman–Crippen LogP) is 3.40. The lowest BCUT2D eigenvalue weighted by Gasteiger charge is -2.25. The summed E-state index contributed by atoms with van der Waals surface area (Å²) in [5.41, 5.74) is 7.90. The molecule has 1 amide bonds. The molecule has 0 heterocycles. The zero-order chi connectivity index (χ0) is 30.5. The number of anilines is 1. The summed E-state index contributed by atoms with van der Waals surface area (Å²) in [5.74, 6) is -1.68. The molecule has 0 aromatic heterocycles. The zero-order valence-corrected chi connectivity index (χ0v) is 23.1. The van der Waals surface area contributed by atoms with E-state index < -0.39 is 24.1 Å². The van der Waals surface area contributed by atoms with Crippen molar-refractivity contribution in [3.8, 4) is 17.2 Å². The minimum Gasteiger partial charge on any atom is -0.493 e. The van der Waals surface area contributed by atoms with Gasteiger partial charge < -0.3 is 40.8 Å². The summed E-state index contributed by atoms with van der Waals surface area (Å²) in [7, 11) is 2.90. The summed E-state index contributed by atoms with van der Waals surface area (Å²) in [4.78, 5) is 34.1. The fraction of sp³-hybridized carbons (Fsp3) is 0.241. The van der Waals surface area contributed by atoms with Gasteiger partial charge in [-0.3, -0.25) is 15.0 Å². The van der Waals surface area contributed by atoms with Gasteiger partial charge in [-0.25, -0.2) is 4.79 Å². The van der Waals surface area contributed by atoms with Crippen LogP contribution >= 0.6 is 0 Å². The topological polar surface area (TPSA) is 193 Å². The molecule has 0 spiro atoms. The number of hydrogen-bond acceptors (Lipinski definition) is 8. The summed E-state index contributed by atoms with van der Waals surface area (Å²) in [6, 6.07) is 18.2. The molecule has 218 valence electrons. The molecule has 0 radical (unpaired) electrons. The quantitative estimate of drug-likeness (QED) is 0.140. The fourth-order valence-corrected chi connectivity index (χ4v) is 3.53. The number of carboxylic acids is 2. The summed E-state index contributed by atoms with van der Waals surface area (Å²) in [6.07, 6.45) is -1.19. The van der Waals surface area contributed by atoms with E-state index >= 15 is 0 Å². The molecule has 0 unspecified atom stereocenters. The Kier molecular flexibility index (Phi) is 12.0. The first-order valence-corrected chi connectivity index (χ1v) is 12.3. The van der Waals surface area contributed by atoms with E-state index in [9.17, 15) is 14.7 Å². The van der Waals surface area contributed by atoms with Crippen LogP contribution in [0.15, 0.2) is 66.7 Å². The van der Waals surface area contributed by atoms with Crippen molar-refractivity contribution in [2.45, 2.75) is 32.5 Å². The SMILES string of the molecule is CC(=O)O.COc1cc(O[C@H](C)C(=O)O)c([C@@H](Nc2ccc(C(=N)N)cc2)C(=O)NCc2ccccc2)cc1OC. The molecule has 0 saturated carbocycles. The van der Waals surface area contributed by atoms with Gasteiger partial charge in [0.2, 0.25) is 5.91 Å². The van der Waals surface area contributed by atoms with Crippen LogP contribution in [0, 0.1) is 5.41 Å². The van der Waals surface area contributed by atoms with Crippen LogP contribution in [0.25, 0.3) is 0 Å². The number of nitrogen functional groups attached to an aromatic ring is 1. The number of nitrogens with one attached hydrogen (secondary N) is 3. The molecule has 0 aliphatic heterocycles. The van der Waals surface area contributed by atoms with Crippen molar-refractivity contribution in [1.29, 1.82) is 5.41 Å². The van der Waals surface area contributed by atoms with Crippen molar-refractivity contribution in [2.24, 2.45) is 5.73 Å². The van der Waals surface area contributed by atoms with E-state index in [1.165, 1.54) is 27.2 Å². The minimum absolute atomic E-state index is 0.0815. The standard InChI is InChI=1S/C27H30N4O6.C2H4O2/c1-16(27(33)34)37-21-14-23(36-3)22(35-2)13-20(21)24(26(32)30-15-17-7-5-4-6-8-17)31-19-11-9-18(10-12-19)25(28)29;1-2(3)4/h4-14,16,24,31H,15H2,1-3H3,(H3,28,29)(H,30,32)(H,33,34);1H3,(H,3,4)/t16-,24-;/m1./s1. The summed E-state index contributed by atoms with van der Waals surface area (Å²) >= 11 is 0. The Morgan fingerprint density at radius 3 is 2.00 bits per heavy atom. The number of nitrogens with two attached hydrogens (primary N) is 1. The number of ether oxygens (including phenoxy) is 3. The molecule has 12 nitrogen and oxygen atoms in total. The van der Waals surface area contributed by atoms with Gasteiger partial charge in [-0.15, -0.1) is 0 Å². The first-order valence-electron chi connectivity index (χ1n) is 12.3. The van der Waals surface area contributed by atoms with E-state index in [0.717, 1.165) is 12.5 Å². The van der Waals surface area contributed by atoms with Crippen LogP contribution in [0.3, 0.4) is 0 Å². The smallest absolute Gasteiger partial charge is 0.344 e.